The molecule has 2 amide bonds. The van der Waals surface area contributed by atoms with Gasteiger partial charge in [-0.05, 0) is 19.1 Å². The van der Waals surface area contributed by atoms with Crippen molar-refractivity contribution >= 4 is 40.6 Å². The molecule has 1 unspecified atom stereocenters. The van der Waals surface area contributed by atoms with E-state index in [1.807, 2.05) is 6.92 Å². The van der Waals surface area contributed by atoms with E-state index in [-0.39, 0.29) is 46.8 Å². The maximum Gasteiger partial charge on any atom is 0.387 e. The number of anilines is 2. The molecule has 0 aliphatic carbocycles. The largest absolute Gasteiger partial charge is 0.434 e. The summed E-state index contributed by atoms with van der Waals surface area (Å²) >= 11 is 1.56. The highest BCUT2D eigenvalue weighted by Crippen LogP contribution is 2.44. The highest BCUT2D eigenvalue weighted by molar-refractivity contribution is 7.99. The molecule has 1 aliphatic rings. The molecule has 1 aromatic carbocycles. The summed E-state index contributed by atoms with van der Waals surface area (Å²) in [7, 11) is 1.48. The van der Waals surface area contributed by atoms with E-state index in [2.05, 4.69) is 31.1 Å². The highest BCUT2D eigenvalue weighted by atomic mass is 32.2. The number of alkyl halides is 2. The van der Waals surface area contributed by atoms with Crippen molar-refractivity contribution in [2.24, 2.45) is 0 Å². The number of aromatic nitrogens is 5. The second-order valence-electron chi connectivity index (χ2n) is 8.24. The van der Waals surface area contributed by atoms with Crippen LogP contribution in [0.4, 0.5) is 20.2 Å². The Morgan fingerprint density at radius 3 is 2.97 bits per heavy atom. The first-order valence-electron chi connectivity index (χ1n) is 11.2. The zero-order valence-electron chi connectivity index (χ0n) is 19.7. The van der Waals surface area contributed by atoms with E-state index in [1.165, 1.54) is 40.9 Å². The number of nitrogens with one attached hydrogen (secondary N) is 3. The number of amides is 2. The molecule has 0 spiro atoms. The van der Waals surface area contributed by atoms with E-state index < -0.39 is 12.5 Å². The van der Waals surface area contributed by atoms with Gasteiger partial charge in [0.15, 0.2) is 5.65 Å². The smallest absolute Gasteiger partial charge is 0.387 e. The Balaban J connectivity index is 1.59. The van der Waals surface area contributed by atoms with Gasteiger partial charge in [0.25, 0.3) is 5.91 Å². The second kappa shape index (κ2) is 10.0. The van der Waals surface area contributed by atoms with Crippen molar-refractivity contribution < 1.29 is 23.1 Å². The number of thioether (sulfide) groups is 1. The van der Waals surface area contributed by atoms with Crippen molar-refractivity contribution in [1.82, 2.24) is 29.7 Å². The molecule has 0 bridgehead atoms. The summed E-state index contributed by atoms with van der Waals surface area (Å²) < 4.78 is 34.4. The number of benzene rings is 1. The summed E-state index contributed by atoms with van der Waals surface area (Å²) in [6, 6.07) is 5.01. The van der Waals surface area contributed by atoms with Crippen LogP contribution in [0.1, 0.15) is 17.3 Å². The van der Waals surface area contributed by atoms with E-state index in [4.69, 9.17) is 4.74 Å². The molecule has 37 heavy (non-hydrogen) atoms. The SMILES string of the molecule is CNC(=O)Cn1cc(NC(=O)c2cnn3cccnc23)c(-c2cc3c(cc2OC(F)F)NC(C)CS3)n1. The summed E-state index contributed by atoms with van der Waals surface area (Å²) in [5.74, 6) is -0.206. The molecule has 3 aromatic heterocycles. The summed E-state index contributed by atoms with van der Waals surface area (Å²) in [6.45, 7) is -1.25. The van der Waals surface area contributed by atoms with Gasteiger partial charge in [-0.15, -0.1) is 11.8 Å². The lowest BCUT2D eigenvalue weighted by Gasteiger charge is -2.25. The minimum Gasteiger partial charge on any atom is -0.434 e. The summed E-state index contributed by atoms with van der Waals surface area (Å²) in [4.78, 5) is 30.2. The zero-order valence-corrected chi connectivity index (χ0v) is 20.6. The lowest BCUT2D eigenvalue weighted by atomic mass is 10.1. The predicted octanol–water partition coefficient (Wildman–Crippen LogP) is 3.10. The van der Waals surface area contributed by atoms with Crippen molar-refractivity contribution in [3.05, 3.63) is 48.5 Å². The number of carbonyl (C=O) groups is 2. The van der Waals surface area contributed by atoms with E-state index in [9.17, 15) is 18.4 Å². The van der Waals surface area contributed by atoms with Gasteiger partial charge < -0.3 is 20.7 Å². The Kier molecular flexibility index (Phi) is 6.65. The number of carbonyl (C=O) groups excluding carboxylic acids is 2. The van der Waals surface area contributed by atoms with Crippen molar-refractivity contribution in [1.29, 1.82) is 0 Å². The molecule has 14 heteroatoms. The molecule has 4 heterocycles. The number of ether oxygens (including phenoxy) is 1. The van der Waals surface area contributed by atoms with Gasteiger partial charge in [0.2, 0.25) is 5.91 Å². The Hall–Kier alpha value is -4.20. The molecule has 0 saturated heterocycles. The normalized spacial score (nSPS) is 14.8. The van der Waals surface area contributed by atoms with Crippen LogP contribution in [0.25, 0.3) is 16.9 Å². The zero-order chi connectivity index (χ0) is 26.1. The van der Waals surface area contributed by atoms with E-state index in [1.54, 1.807) is 30.1 Å². The average molecular weight is 529 g/mol. The molecule has 1 atom stereocenters. The van der Waals surface area contributed by atoms with Crippen LogP contribution < -0.4 is 20.7 Å². The van der Waals surface area contributed by atoms with Gasteiger partial charge in [-0.25, -0.2) is 9.50 Å². The molecule has 5 rings (SSSR count). The fourth-order valence-corrected chi connectivity index (χ4v) is 4.88. The van der Waals surface area contributed by atoms with Crippen LogP contribution in [0.15, 0.2) is 47.9 Å². The average Bonchev–Trinajstić information content (AvgIpc) is 3.47. The predicted molar refractivity (Wildman–Crippen MR) is 133 cm³/mol. The van der Waals surface area contributed by atoms with Crippen LogP contribution >= 0.6 is 11.8 Å². The van der Waals surface area contributed by atoms with Crippen LogP contribution in [0.2, 0.25) is 0 Å². The van der Waals surface area contributed by atoms with Gasteiger partial charge in [-0.1, -0.05) is 0 Å². The molecule has 4 aromatic rings. The molecule has 1 aliphatic heterocycles. The standard InChI is InChI=1S/C23H22F2N8O3S/c1-12-11-37-18-6-13(17(36-23(24)25)7-15(18)29-12)20-16(9-32(31-20)10-19(34)26-2)30-22(35)14-8-28-33-5-3-4-27-21(14)33/h3-9,12,23,29H,10-11H2,1-2H3,(H,26,34)(H,30,35). The van der Waals surface area contributed by atoms with E-state index in [0.29, 0.717) is 11.3 Å². The minimum absolute atomic E-state index is 0.116. The topological polar surface area (TPSA) is 127 Å². The minimum atomic E-state index is -3.08. The Morgan fingerprint density at radius 1 is 1.35 bits per heavy atom. The third-order valence-electron chi connectivity index (χ3n) is 5.56. The van der Waals surface area contributed by atoms with Crippen LogP contribution in [0.3, 0.4) is 0 Å². The first-order chi connectivity index (χ1) is 17.8. The van der Waals surface area contributed by atoms with E-state index in [0.717, 1.165) is 10.6 Å². The number of rotatable bonds is 7. The second-order valence-corrected chi connectivity index (χ2v) is 9.30. The third-order valence-corrected chi connectivity index (χ3v) is 6.88. The van der Waals surface area contributed by atoms with Crippen LogP contribution in [-0.4, -0.2) is 61.6 Å². The molecular weight excluding hydrogens is 506 g/mol. The molecular formula is C23H22F2N8O3S. The van der Waals surface area contributed by atoms with Crippen molar-refractivity contribution in [2.45, 2.75) is 31.0 Å². The molecule has 3 N–H and O–H groups in total. The van der Waals surface area contributed by atoms with Crippen molar-refractivity contribution in [2.75, 3.05) is 23.4 Å². The van der Waals surface area contributed by atoms with Gasteiger partial charge in [0.05, 0.1) is 17.6 Å². The molecule has 0 radical (unpaired) electrons. The number of hydrogen-bond donors (Lipinski definition) is 3. The maximum absolute atomic E-state index is 13.4. The van der Waals surface area contributed by atoms with Gasteiger partial charge >= 0.3 is 6.61 Å². The summed E-state index contributed by atoms with van der Waals surface area (Å²) in [6.07, 6.45) is 6.02. The number of fused-ring (bicyclic) bond motifs is 2. The van der Waals surface area contributed by atoms with Crippen molar-refractivity contribution in [3.8, 4) is 17.0 Å². The van der Waals surface area contributed by atoms with Gasteiger partial charge in [0, 0.05) is 54.0 Å². The maximum atomic E-state index is 13.4. The first kappa shape index (κ1) is 24.5. The lowest BCUT2D eigenvalue weighted by molar-refractivity contribution is -0.121. The fraction of sp³-hybridized carbons (Fsp3) is 0.261. The van der Waals surface area contributed by atoms with E-state index >= 15 is 0 Å². The third kappa shape index (κ3) is 5.05. The highest BCUT2D eigenvalue weighted by Gasteiger charge is 2.25. The van der Waals surface area contributed by atoms with Gasteiger partial charge in [-0.2, -0.15) is 19.0 Å². The van der Waals surface area contributed by atoms with Crippen LogP contribution in [-0.2, 0) is 11.3 Å². The van der Waals surface area contributed by atoms with Crippen molar-refractivity contribution in [3.63, 3.8) is 0 Å². The fourth-order valence-electron chi connectivity index (χ4n) is 3.89. The molecule has 0 fully saturated rings. The molecule has 192 valence electrons. The van der Waals surface area contributed by atoms with Gasteiger partial charge in [-0.3, -0.25) is 14.3 Å². The number of hydrogen-bond acceptors (Lipinski definition) is 8. The monoisotopic (exact) mass is 528 g/mol. The summed E-state index contributed by atoms with van der Waals surface area (Å²) in [5.41, 5.74) is 1.81. The van der Waals surface area contributed by atoms with Crippen LogP contribution in [0.5, 0.6) is 5.75 Å². The van der Waals surface area contributed by atoms with Crippen LogP contribution in [0, 0.1) is 0 Å². The first-order valence-corrected chi connectivity index (χ1v) is 12.2. The molecule has 0 saturated carbocycles. The summed E-state index contributed by atoms with van der Waals surface area (Å²) in [5, 5.41) is 17.1. The number of halogens is 2. The number of nitrogens with zero attached hydrogens (tertiary/aromatic N) is 5. The number of likely N-dealkylation sites (N-methyl/N-ethyl adjacent to an activating group) is 1. The molecule has 11 nitrogen and oxygen atoms in total. The quantitative estimate of drug-likeness (QED) is 0.334. The Bertz CT molecular complexity index is 1490. The lowest BCUT2D eigenvalue weighted by Crippen LogP contribution is -2.23. The Labute approximate surface area is 213 Å². The van der Waals surface area contributed by atoms with Gasteiger partial charge in [0.1, 0.15) is 23.6 Å². The Morgan fingerprint density at radius 2 is 2.19 bits per heavy atom.